The molecule has 0 fully saturated rings. The number of benzene rings is 5. The predicted octanol–water partition coefficient (Wildman–Crippen LogP) is 11.7. The molecule has 0 radical (unpaired) electrons. The first-order chi connectivity index (χ1) is 32.3. The number of carbonyl (C=O) groups excluding carboxylic acids is 3. The van der Waals surface area contributed by atoms with E-state index in [1.165, 1.54) is 42.6 Å². The number of rotatable bonds is 13. The lowest BCUT2D eigenvalue weighted by Crippen LogP contribution is -3.00. The third-order valence-electron chi connectivity index (χ3n) is 9.57. The molecule has 9 nitrogen and oxygen atoms in total. The van der Waals surface area contributed by atoms with Crippen molar-refractivity contribution >= 4 is 118 Å². The number of carbonyl (C=O) groups is 3. The molecule has 0 aliphatic carbocycles. The summed E-state index contributed by atoms with van der Waals surface area (Å²) in [6.45, 7) is 13.2. The number of anilines is 2. The van der Waals surface area contributed by atoms with Gasteiger partial charge in [0.1, 0.15) is 7.40 Å². The van der Waals surface area contributed by atoms with E-state index in [-0.39, 0.29) is 65.6 Å². The molecule has 0 spiro atoms. The van der Waals surface area contributed by atoms with E-state index in [4.69, 9.17) is 0 Å². The number of amides is 2. The fourth-order valence-corrected chi connectivity index (χ4v) is 9.12. The van der Waals surface area contributed by atoms with E-state index in [0.29, 0.717) is 38.4 Å². The van der Waals surface area contributed by atoms with Crippen LogP contribution in [0.4, 0.5) is 11.4 Å². The van der Waals surface area contributed by atoms with Crippen LogP contribution in [0.1, 0.15) is 96.9 Å². The van der Waals surface area contributed by atoms with Gasteiger partial charge >= 0.3 is 0 Å². The first-order valence-electron chi connectivity index (χ1n) is 22.3. The van der Waals surface area contributed by atoms with Gasteiger partial charge in [-0.3, -0.25) is 23.7 Å². The van der Waals surface area contributed by atoms with Crippen molar-refractivity contribution in [2.45, 2.75) is 60.3 Å². The SMILES string of the molecule is C=CC.CC(=O)c1ccccc1NC(=O)c1cn(C)nc1I.CCCC=C(C)c1ccccc1NC(=O)c1cn(C)nc1I.CCCC[PH2+]c1ccccc1.I.[I-].c1ccc(-c2ccccc2)cc1. The van der Waals surface area contributed by atoms with Crippen molar-refractivity contribution in [3.05, 3.63) is 200 Å². The molecule has 0 aliphatic heterocycles. The maximum Gasteiger partial charge on any atom is 0.259 e. The van der Waals surface area contributed by atoms with Gasteiger partial charge in [0.05, 0.1) is 28.3 Å². The second-order valence-electron chi connectivity index (χ2n) is 15.1. The van der Waals surface area contributed by atoms with E-state index in [0.717, 1.165) is 24.1 Å². The molecular formula is C55H65I4N6O3P. The average molecular weight is 1400 g/mol. The molecule has 0 aliphatic rings. The standard InChI is InChI=1S/C17H20IN3O.C13H12IN3O2.C12H10.C10H15P.C3H6.2HI/c1-4-5-8-12(2)13-9-6-7-10-15(13)19-17(22)14-11-21(3)20-16(14)18;1-8(18)9-5-3-4-6-11(9)15-13(19)10-7-17(2)16-12(10)14;1-3-7-11(8-4-1)12-9-5-2-6-10-12;1-2-3-9-11-10-7-5-4-6-8-10;1-3-2;;/h6-11H,4-5H2,1-3H3,(H,19,22);3-7H,1-2H3,(H,15,19);1-10H;4-8,11H,2-3,9H2,1H3;3H,1H2,2H3;2*1H. The molecular weight excluding hydrogens is 1330 g/mol. The van der Waals surface area contributed by atoms with Crippen molar-refractivity contribution in [2.75, 3.05) is 16.8 Å². The van der Waals surface area contributed by atoms with Crippen LogP contribution < -0.4 is 39.9 Å². The van der Waals surface area contributed by atoms with Gasteiger partial charge in [0.2, 0.25) is 0 Å². The van der Waals surface area contributed by atoms with Crippen LogP contribution in [0.2, 0.25) is 0 Å². The number of Topliss-reactive ketones (excluding diaryl/α,β-unsaturated/α-hetero) is 1. The maximum absolute atomic E-state index is 12.4. The molecule has 1 atom stereocenters. The molecule has 2 N–H and O–H groups in total. The number of nitrogens with one attached hydrogen (secondary N) is 2. The highest BCUT2D eigenvalue weighted by Crippen LogP contribution is 2.25. The molecule has 7 aromatic rings. The Hall–Kier alpha value is -4.04. The van der Waals surface area contributed by atoms with Crippen molar-refractivity contribution in [3.8, 4) is 11.1 Å². The first-order valence-corrected chi connectivity index (χ1v) is 25.8. The average Bonchev–Trinajstić information content (AvgIpc) is 3.88. The highest BCUT2D eigenvalue weighted by atomic mass is 127. The summed E-state index contributed by atoms with van der Waals surface area (Å²) < 4.78 is 4.55. The third kappa shape index (κ3) is 23.2. The summed E-state index contributed by atoms with van der Waals surface area (Å²) in [6, 6.07) is 46.4. The summed E-state index contributed by atoms with van der Waals surface area (Å²) in [6.07, 6.45) is 13.6. The molecule has 366 valence electrons. The molecule has 5 aromatic carbocycles. The van der Waals surface area contributed by atoms with E-state index < -0.39 is 0 Å². The van der Waals surface area contributed by atoms with Crippen LogP contribution in [0.15, 0.2) is 171 Å². The normalized spacial score (nSPS) is 10.1. The predicted molar refractivity (Wildman–Crippen MR) is 318 cm³/mol. The fourth-order valence-electron chi connectivity index (χ4n) is 6.24. The van der Waals surface area contributed by atoms with Gasteiger partial charge in [-0.1, -0.05) is 148 Å². The zero-order valence-corrected chi connectivity index (χ0v) is 50.4. The number of unbranched alkanes of at least 4 members (excludes halogenated alkanes) is 2. The van der Waals surface area contributed by atoms with Gasteiger partial charge in [0.15, 0.2) is 5.78 Å². The largest absolute Gasteiger partial charge is 1.00 e. The van der Waals surface area contributed by atoms with E-state index in [9.17, 15) is 14.4 Å². The Morgan fingerprint density at radius 1 is 0.623 bits per heavy atom. The molecule has 14 heteroatoms. The first kappa shape index (κ1) is 63.0. The highest BCUT2D eigenvalue weighted by Gasteiger charge is 2.17. The van der Waals surface area contributed by atoms with Crippen molar-refractivity contribution < 1.29 is 38.4 Å². The smallest absolute Gasteiger partial charge is 0.259 e. The van der Waals surface area contributed by atoms with Gasteiger partial charge in [-0.15, -0.1) is 30.6 Å². The van der Waals surface area contributed by atoms with Gasteiger partial charge < -0.3 is 34.6 Å². The van der Waals surface area contributed by atoms with Crippen LogP contribution in [0, 0.1) is 7.40 Å². The molecule has 0 saturated carbocycles. The molecule has 0 bridgehead atoms. The summed E-state index contributed by atoms with van der Waals surface area (Å²) >= 11 is 4.08. The Morgan fingerprint density at radius 3 is 1.41 bits per heavy atom. The summed E-state index contributed by atoms with van der Waals surface area (Å²) in [5, 5.41) is 15.6. The van der Waals surface area contributed by atoms with Crippen LogP contribution in [-0.4, -0.2) is 43.3 Å². The van der Waals surface area contributed by atoms with Crippen molar-refractivity contribution in [1.82, 2.24) is 19.6 Å². The van der Waals surface area contributed by atoms with E-state index in [1.54, 1.807) is 64.5 Å². The Bertz CT molecular complexity index is 2580. The third-order valence-corrected chi connectivity index (χ3v) is 12.7. The Labute approximate surface area is 473 Å². The fraction of sp³-hybridized carbons (Fsp3) is 0.218. The van der Waals surface area contributed by atoms with Crippen LogP contribution in [0.5, 0.6) is 0 Å². The van der Waals surface area contributed by atoms with Gasteiger partial charge in [0, 0.05) is 51.9 Å². The van der Waals surface area contributed by atoms with Gasteiger partial charge in [-0.25, -0.2) is 0 Å². The minimum atomic E-state index is -0.272. The number of hydrogen-bond donors (Lipinski definition) is 2. The molecule has 2 amide bonds. The van der Waals surface area contributed by atoms with Crippen molar-refractivity contribution in [3.63, 3.8) is 0 Å². The number of nitrogens with zero attached hydrogens (tertiary/aromatic N) is 4. The minimum Gasteiger partial charge on any atom is -1.00 e. The number of aromatic nitrogens is 4. The molecule has 2 heterocycles. The summed E-state index contributed by atoms with van der Waals surface area (Å²) in [5.74, 6) is -0.490. The Kier molecular flexibility index (Phi) is 32.8. The summed E-state index contributed by atoms with van der Waals surface area (Å²) in [4.78, 5) is 36.1. The quantitative estimate of drug-likeness (QED) is 0.0393. The second-order valence-corrected chi connectivity index (χ2v) is 18.8. The zero-order chi connectivity index (χ0) is 49.0. The topological polar surface area (TPSA) is 111 Å². The van der Waals surface area contributed by atoms with Crippen LogP contribution in [0.25, 0.3) is 16.7 Å². The van der Waals surface area contributed by atoms with E-state index >= 15 is 0 Å². The molecule has 1 unspecified atom stereocenters. The van der Waals surface area contributed by atoms with E-state index in [1.807, 2.05) is 73.0 Å². The van der Waals surface area contributed by atoms with Crippen LogP contribution >= 0.6 is 77.7 Å². The molecule has 7 rings (SSSR count). The van der Waals surface area contributed by atoms with Gasteiger partial charge in [0.25, 0.3) is 11.8 Å². The van der Waals surface area contributed by atoms with Crippen molar-refractivity contribution in [1.29, 1.82) is 0 Å². The minimum absolute atomic E-state index is 0. The highest BCUT2D eigenvalue weighted by molar-refractivity contribution is 14.1. The Balaban J connectivity index is 0.000000461. The van der Waals surface area contributed by atoms with Gasteiger partial charge in [-0.2, -0.15) is 10.2 Å². The van der Waals surface area contributed by atoms with Crippen molar-refractivity contribution in [2.24, 2.45) is 14.1 Å². The summed E-state index contributed by atoms with van der Waals surface area (Å²) in [7, 11) is 4.11. The Morgan fingerprint density at radius 2 is 1.01 bits per heavy atom. The number of aryl methyl sites for hydroxylation is 2. The second kappa shape index (κ2) is 36.0. The number of hydrogen-bond acceptors (Lipinski definition) is 5. The van der Waals surface area contributed by atoms with Crippen LogP contribution in [-0.2, 0) is 14.1 Å². The van der Waals surface area contributed by atoms with Crippen LogP contribution in [0.3, 0.4) is 0 Å². The maximum atomic E-state index is 12.4. The number of halogens is 4. The lowest BCUT2D eigenvalue weighted by molar-refractivity contribution is -0.0000363. The monoisotopic (exact) mass is 1400 g/mol. The number of ketones is 1. The van der Waals surface area contributed by atoms with E-state index in [2.05, 4.69) is 156 Å². The summed E-state index contributed by atoms with van der Waals surface area (Å²) in [5.41, 5.74) is 7.71. The molecule has 0 saturated heterocycles. The number of allylic oxidation sites excluding steroid dienone is 3. The molecule has 2 aromatic heterocycles. The lowest BCUT2D eigenvalue weighted by atomic mass is 10.0. The lowest BCUT2D eigenvalue weighted by Gasteiger charge is -2.11. The molecule has 69 heavy (non-hydrogen) atoms. The number of para-hydroxylation sites is 2. The zero-order valence-electron chi connectivity index (χ0n) is 40.5. The van der Waals surface area contributed by atoms with Gasteiger partial charge in [-0.05, 0) is 126 Å².